The molecular formula is C19H12F6N4O2S2. The van der Waals surface area contributed by atoms with Crippen LogP contribution in [-0.4, -0.2) is 27.8 Å². The lowest BCUT2D eigenvalue weighted by Gasteiger charge is -2.08. The van der Waals surface area contributed by atoms with Gasteiger partial charge < -0.3 is 5.32 Å². The molecule has 174 valence electrons. The monoisotopic (exact) mass is 506 g/mol. The van der Waals surface area contributed by atoms with Crippen LogP contribution < -0.4 is 10.6 Å². The van der Waals surface area contributed by atoms with Crippen molar-refractivity contribution in [3.05, 3.63) is 65.2 Å². The van der Waals surface area contributed by atoms with Gasteiger partial charge in [0.25, 0.3) is 5.91 Å². The zero-order valence-electron chi connectivity index (χ0n) is 16.1. The zero-order valence-corrected chi connectivity index (χ0v) is 17.8. The Labute approximate surface area is 190 Å². The molecule has 2 amide bonds. The van der Waals surface area contributed by atoms with Gasteiger partial charge in [-0.25, -0.2) is 0 Å². The summed E-state index contributed by atoms with van der Waals surface area (Å²) in [5.74, 6) is -1.46. The van der Waals surface area contributed by atoms with Gasteiger partial charge in [-0.15, -0.1) is 10.2 Å². The first-order valence-corrected chi connectivity index (χ1v) is 10.6. The number of alkyl halides is 6. The van der Waals surface area contributed by atoms with Gasteiger partial charge in [-0.3, -0.25) is 14.9 Å². The van der Waals surface area contributed by atoms with Crippen molar-refractivity contribution >= 4 is 45.7 Å². The van der Waals surface area contributed by atoms with Crippen molar-refractivity contribution in [2.24, 2.45) is 0 Å². The van der Waals surface area contributed by atoms with Crippen molar-refractivity contribution < 1.29 is 35.9 Å². The van der Waals surface area contributed by atoms with Crippen LogP contribution in [0.1, 0.15) is 21.5 Å². The van der Waals surface area contributed by atoms with Crippen LogP contribution in [0.2, 0.25) is 0 Å². The number of amides is 2. The largest absolute Gasteiger partial charge is 0.416 e. The van der Waals surface area contributed by atoms with Crippen molar-refractivity contribution in [2.75, 3.05) is 16.4 Å². The molecule has 1 heterocycles. The van der Waals surface area contributed by atoms with E-state index in [9.17, 15) is 35.9 Å². The fourth-order valence-electron chi connectivity index (χ4n) is 2.39. The third-order valence-corrected chi connectivity index (χ3v) is 5.87. The first-order chi connectivity index (χ1) is 15.4. The lowest BCUT2D eigenvalue weighted by atomic mass is 10.1. The third kappa shape index (κ3) is 6.92. The number of thioether (sulfide) groups is 1. The number of hydrogen-bond acceptors (Lipinski definition) is 6. The van der Waals surface area contributed by atoms with Gasteiger partial charge >= 0.3 is 12.4 Å². The first-order valence-electron chi connectivity index (χ1n) is 8.84. The molecule has 0 bridgehead atoms. The summed E-state index contributed by atoms with van der Waals surface area (Å²) >= 11 is 1.86. The first kappa shape index (κ1) is 24.5. The number of halogens is 6. The highest BCUT2D eigenvalue weighted by Gasteiger charge is 2.31. The molecule has 6 nitrogen and oxygen atoms in total. The van der Waals surface area contributed by atoms with Crippen LogP contribution in [0.3, 0.4) is 0 Å². The summed E-state index contributed by atoms with van der Waals surface area (Å²) in [5.41, 5.74) is -1.85. The predicted molar refractivity (Wildman–Crippen MR) is 110 cm³/mol. The Morgan fingerprint density at radius 3 is 2.18 bits per heavy atom. The van der Waals surface area contributed by atoms with Crippen LogP contribution in [-0.2, 0) is 17.1 Å². The van der Waals surface area contributed by atoms with Crippen LogP contribution in [0.5, 0.6) is 0 Å². The second-order valence-electron chi connectivity index (χ2n) is 6.32. The van der Waals surface area contributed by atoms with Crippen LogP contribution in [0.15, 0.2) is 52.9 Å². The van der Waals surface area contributed by atoms with E-state index in [0.717, 1.165) is 59.5 Å². The molecule has 3 rings (SSSR count). The highest BCUT2D eigenvalue weighted by Crippen LogP contribution is 2.31. The molecule has 0 saturated carbocycles. The summed E-state index contributed by atoms with van der Waals surface area (Å²) < 4.78 is 76.3. The maximum absolute atomic E-state index is 12.8. The van der Waals surface area contributed by atoms with Gasteiger partial charge in [-0.05, 0) is 42.5 Å². The summed E-state index contributed by atoms with van der Waals surface area (Å²) in [6, 6.07) is 7.79. The molecular weight excluding hydrogens is 494 g/mol. The van der Waals surface area contributed by atoms with E-state index >= 15 is 0 Å². The molecule has 0 saturated heterocycles. The van der Waals surface area contributed by atoms with Crippen molar-refractivity contribution in [3.8, 4) is 0 Å². The van der Waals surface area contributed by atoms with Gasteiger partial charge in [0.05, 0.1) is 16.9 Å². The molecule has 2 aromatic carbocycles. The number of aromatic nitrogens is 2. The lowest BCUT2D eigenvalue weighted by molar-refractivity contribution is -0.138. The van der Waals surface area contributed by atoms with Crippen LogP contribution >= 0.6 is 23.1 Å². The number of nitrogens with one attached hydrogen (secondary N) is 2. The SMILES string of the molecule is O=C(CSc1nnc(NC(=O)c2cccc(C(F)(F)F)c2)s1)Nc1ccc(C(F)(F)F)cc1. The average Bonchev–Trinajstić information content (AvgIpc) is 3.19. The Morgan fingerprint density at radius 2 is 1.55 bits per heavy atom. The Morgan fingerprint density at radius 1 is 0.879 bits per heavy atom. The van der Waals surface area contributed by atoms with Gasteiger partial charge in [0, 0.05) is 11.3 Å². The zero-order chi connectivity index (χ0) is 24.2. The third-order valence-electron chi connectivity index (χ3n) is 3.90. The summed E-state index contributed by atoms with van der Waals surface area (Å²) in [6.45, 7) is 0. The molecule has 0 atom stereocenters. The summed E-state index contributed by atoms with van der Waals surface area (Å²) in [6.07, 6.45) is -9.08. The van der Waals surface area contributed by atoms with Crippen LogP contribution in [0.4, 0.5) is 37.2 Å². The predicted octanol–water partition coefficient (Wildman–Crippen LogP) is 5.56. The minimum Gasteiger partial charge on any atom is -0.325 e. The fraction of sp³-hybridized carbons (Fsp3) is 0.158. The second kappa shape index (κ2) is 9.79. The van der Waals surface area contributed by atoms with Gasteiger partial charge in [-0.1, -0.05) is 29.2 Å². The molecule has 2 N–H and O–H groups in total. The fourth-order valence-corrected chi connectivity index (χ4v) is 3.94. The quantitative estimate of drug-likeness (QED) is 0.260. The van der Waals surface area contributed by atoms with E-state index in [1.165, 1.54) is 6.07 Å². The van der Waals surface area contributed by atoms with Gasteiger partial charge in [0.1, 0.15) is 0 Å². The maximum Gasteiger partial charge on any atom is 0.416 e. The smallest absolute Gasteiger partial charge is 0.325 e. The Balaban J connectivity index is 1.52. The molecule has 0 aliphatic rings. The maximum atomic E-state index is 12.8. The number of hydrogen-bond donors (Lipinski definition) is 2. The van der Waals surface area contributed by atoms with E-state index in [2.05, 4.69) is 20.8 Å². The molecule has 14 heteroatoms. The van der Waals surface area contributed by atoms with Crippen molar-refractivity contribution in [2.45, 2.75) is 16.7 Å². The van der Waals surface area contributed by atoms with Crippen molar-refractivity contribution in [1.29, 1.82) is 0 Å². The number of rotatable bonds is 6. The van der Waals surface area contributed by atoms with Crippen LogP contribution in [0.25, 0.3) is 0 Å². The summed E-state index contributed by atoms with van der Waals surface area (Å²) in [5, 5.41) is 12.3. The van der Waals surface area contributed by atoms with E-state index in [-0.39, 0.29) is 26.5 Å². The standard InChI is InChI=1S/C19H12F6N4O2S2/c20-18(21,22)11-4-6-13(7-5-11)26-14(30)9-32-17-29-28-16(33-17)27-15(31)10-2-1-3-12(8-10)19(23,24)25/h1-8H,9H2,(H,26,30)(H,27,28,31). The highest BCUT2D eigenvalue weighted by molar-refractivity contribution is 8.01. The summed E-state index contributed by atoms with van der Waals surface area (Å²) in [7, 11) is 0. The second-order valence-corrected chi connectivity index (χ2v) is 8.52. The van der Waals surface area contributed by atoms with Crippen molar-refractivity contribution in [1.82, 2.24) is 10.2 Å². The van der Waals surface area contributed by atoms with E-state index in [1.807, 2.05) is 0 Å². The molecule has 0 unspecified atom stereocenters. The van der Waals surface area contributed by atoms with E-state index in [1.54, 1.807) is 0 Å². The van der Waals surface area contributed by atoms with E-state index in [4.69, 9.17) is 0 Å². The molecule has 33 heavy (non-hydrogen) atoms. The Hall–Kier alpha value is -3.13. The Kier molecular flexibility index (Phi) is 7.27. The molecule has 3 aromatic rings. The lowest BCUT2D eigenvalue weighted by Crippen LogP contribution is -2.14. The minimum atomic E-state index is -4.59. The number of carbonyl (C=O) groups excluding carboxylic acids is 2. The highest BCUT2D eigenvalue weighted by atomic mass is 32.2. The number of anilines is 2. The minimum absolute atomic E-state index is 0.0167. The Bertz CT molecular complexity index is 1150. The topological polar surface area (TPSA) is 84.0 Å². The normalized spacial score (nSPS) is 11.8. The number of benzene rings is 2. The molecule has 0 aliphatic carbocycles. The molecule has 0 fully saturated rings. The van der Waals surface area contributed by atoms with Gasteiger partial charge in [0.15, 0.2) is 4.34 Å². The van der Waals surface area contributed by atoms with E-state index in [0.29, 0.717) is 6.07 Å². The number of carbonyl (C=O) groups is 2. The van der Waals surface area contributed by atoms with Gasteiger partial charge in [0.2, 0.25) is 11.0 Å². The van der Waals surface area contributed by atoms with Gasteiger partial charge in [-0.2, -0.15) is 26.3 Å². The average molecular weight is 506 g/mol. The molecule has 0 radical (unpaired) electrons. The molecule has 0 spiro atoms. The van der Waals surface area contributed by atoms with Crippen LogP contribution in [0, 0.1) is 0 Å². The van der Waals surface area contributed by atoms with Crippen molar-refractivity contribution in [3.63, 3.8) is 0 Å². The summed E-state index contributed by atoms with van der Waals surface area (Å²) in [4.78, 5) is 24.2. The van der Waals surface area contributed by atoms with E-state index < -0.39 is 35.3 Å². The molecule has 0 aliphatic heterocycles. The molecule has 1 aromatic heterocycles. The number of nitrogens with zero attached hydrogens (tertiary/aromatic N) is 2.